The topological polar surface area (TPSA) is 70.0 Å². The molecule has 0 radical (unpaired) electrons. The average Bonchev–Trinajstić information content (AvgIpc) is 2.89. The Morgan fingerprint density at radius 2 is 1.67 bits per heavy atom. The Balaban J connectivity index is 0.00000304. The summed E-state index contributed by atoms with van der Waals surface area (Å²) in [6.45, 7) is 3.92. The lowest BCUT2D eigenvalue weighted by Crippen LogP contribution is -2.33. The summed E-state index contributed by atoms with van der Waals surface area (Å²) in [5.41, 5.74) is 4.67. The normalized spacial score (nSPS) is 22.5. The zero-order valence-corrected chi connectivity index (χ0v) is 21.8. The molecule has 0 spiro atoms. The number of likely N-dealkylation sites (tertiary alicyclic amines) is 1. The van der Waals surface area contributed by atoms with Crippen LogP contribution in [0.4, 0.5) is 0 Å². The third-order valence-electron chi connectivity index (χ3n) is 8.00. The Labute approximate surface area is 220 Å². The maximum Gasteiger partial charge on any atom is 0.193 e. The van der Waals surface area contributed by atoms with Gasteiger partial charge in [-0.3, -0.25) is 9.69 Å². The number of benzene rings is 2. The number of phenols is 1. The number of nitrogens with zero attached hydrogens (tertiary/aromatic N) is 1. The number of allylic oxidation sites excluding steroid dienone is 2. The molecule has 1 heterocycles. The number of carbonyl (C=O) groups excluding carboxylic acids is 1. The quantitative estimate of drug-likeness (QED) is 0.459. The molecule has 6 heteroatoms. The number of carbonyl (C=O) groups is 1. The molecule has 2 N–H and O–H groups in total. The number of aryl methyl sites for hydroxylation is 1. The number of fused-ring (bicyclic) bond motifs is 1. The number of ketones is 1. The first-order chi connectivity index (χ1) is 17.1. The Hall–Kier alpha value is -2.34. The van der Waals surface area contributed by atoms with E-state index in [-0.39, 0.29) is 30.0 Å². The maximum atomic E-state index is 13.9. The molecule has 0 unspecified atom stereocenters. The Morgan fingerprint density at radius 1 is 0.944 bits per heavy atom. The molecule has 5 nitrogen and oxygen atoms in total. The van der Waals surface area contributed by atoms with Crippen molar-refractivity contribution in [3.05, 3.63) is 64.7 Å². The van der Waals surface area contributed by atoms with Gasteiger partial charge in [-0.25, -0.2) is 0 Å². The van der Waals surface area contributed by atoms with Crippen LogP contribution in [0.15, 0.2) is 48.0 Å². The SMILES string of the molecule is Cl.O=C(C1=C(C2CCC(O)CC2)CCc2cc(O)ccc21)c1ccc(OCCN2CCCCC2)cc1. The fraction of sp³-hybridized carbons (Fsp3) is 0.500. The summed E-state index contributed by atoms with van der Waals surface area (Å²) < 4.78 is 5.97. The van der Waals surface area contributed by atoms with E-state index in [0.717, 1.165) is 80.6 Å². The van der Waals surface area contributed by atoms with Gasteiger partial charge in [0.15, 0.2) is 5.78 Å². The van der Waals surface area contributed by atoms with Crippen molar-refractivity contribution >= 4 is 23.8 Å². The van der Waals surface area contributed by atoms with Crippen molar-refractivity contribution in [2.24, 2.45) is 5.92 Å². The predicted molar refractivity (Wildman–Crippen MR) is 145 cm³/mol. The van der Waals surface area contributed by atoms with E-state index in [0.29, 0.717) is 18.1 Å². The molecule has 2 fully saturated rings. The van der Waals surface area contributed by atoms with Gasteiger partial charge in [0.1, 0.15) is 18.1 Å². The summed E-state index contributed by atoms with van der Waals surface area (Å²) in [5.74, 6) is 1.41. The lowest BCUT2D eigenvalue weighted by atomic mass is 9.73. The Morgan fingerprint density at radius 3 is 2.39 bits per heavy atom. The standard InChI is InChI=1S/C30H37NO4.ClH/c32-24-9-4-21(5-10-24)27-14-8-23-20-25(33)11-15-28(23)29(27)30(34)22-6-12-26(13-7-22)35-19-18-31-16-2-1-3-17-31;/h6-7,11-13,15,20-21,24,32-33H,1-5,8-10,14,16-19H2;1H. The second kappa shape index (κ2) is 12.3. The summed E-state index contributed by atoms with van der Waals surface area (Å²) in [7, 11) is 0. The summed E-state index contributed by atoms with van der Waals surface area (Å²) in [6, 6.07) is 12.9. The van der Waals surface area contributed by atoms with Crippen molar-refractivity contribution in [2.75, 3.05) is 26.2 Å². The highest BCUT2D eigenvalue weighted by atomic mass is 35.5. The number of Topliss-reactive ketones (excluding diaryl/α,β-unsaturated/α-hetero) is 1. The molecule has 0 aromatic heterocycles. The number of aliphatic hydroxyl groups is 1. The van der Waals surface area contributed by atoms with Gasteiger partial charge in [0.05, 0.1) is 6.10 Å². The first-order valence-electron chi connectivity index (χ1n) is 13.3. The number of phenolic OH excluding ortho intramolecular Hbond substituents is 1. The highest BCUT2D eigenvalue weighted by molar-refractivity contribution is 6.30. The van der Waals surface area contributed by atoms with Crippen LogP contribution in [-0.4, -0.2) is 53.2 Å². The van der Waals surface area contributed by atoms with E-state index >= 15 is 0 Å². The van der Waals surface area contributed by atoms with Crippen LogP contribution in [0, 0.1) is 5.92 Å². The molecule has 194 valence electrons. The van der Waals surface area contributed by atoms with E-state index < -0.39 is 0 Å². The minimum atomic E-state index is -0.221. The minimum absolute atomic E-state index is 0. The van der Waals surface area contributed by atoms with Gasteiger partial charge in [0, 0.05) is 17.7 Å². The minimum Gasteiger partial charge on any atom is -0.508 e. The highest BCUT2D eigenvalue weighted by Gasteiger charge is 2.31. The van der Waals surface area contributed by atoms with Crippen LogP contribution in [0.25, 0.3) is 5.57 Å². The number of ether oxygens (including phenoxy) is 1. The van der Waals surface area contributed by atoms with E-state index in [4.69, 9.17) is 4.74 Å². The van der Waals surface area contributed by atoms with E-state index in [1.54, 1.807) is 12.1 Å². The van der Waals surface area contributed by atoms with Crippen LogP contribution in [-0.2, 0) is 6.42 Å². The third-order valence-corrected chi connectivity index (χ3v) is 8.00. The largest absolute Gasteiger partial charge is 0.508 e. The molecule has 2 aromatic rings. The molecular weight excluding hydrogens is 474 g/mol. The molecule has 1 aliphatic heterocycles. The highest BCUT2D eigenvalue weighted by Crippen LogP contribution is 2.42. The summed E-state index contributed by atoms with van der Waals surface area (Å²) in [5, 5.41) is 20.0. The van der Waals surface area contributed by atoms with Crippen molar-refractivity contribution in [1.29, 1.82) is 0 Å². The molecule has 1 saturated carbocycles. The number of rotatable bonds is 7. The van der Waals surface area contributed by atoms with E-state index in [2.05, 4.69) is 4.90 Å². The molecule has 2 aliphatic carbocycles. The van der Waals surface area contributed by atoms with Crippen molar-refractivity contribution in [1.82, 2.24) is 4.90 Å². The van der Waals surface area contributed by atoms with Crippen LogP contribution in [0.1, 0.15) is 72.9 Å². The monoisotopic (exact) mass is 511 g/mol. The van der Waals surface area contributed by atoms with Gasteiger partial charge in [-0.2, -0.15) is 0 Å². The van der Waals surface area contributed by atoms with Crippen molar-refractivity contribution in [2.45, 2.75) is 63.9 Å². The van der Waals surface area contributed by atoms with Crippen LogP contribution in [0.3, 0.4) is 0 Å². The average molecular weight is 512 g/mol. The van der Waals surface area contributed by atoms with Gasteiger partial charge in [0.2, 0.25) is 0 Å². The first-order valence-corrected chi connectivity index (χ1v) is 13.3. The maximum absolute atomic E-state index is 13.9. The second-order valence-electron chi connectivity index (χ2n) is 10.4. The van der Waals surface area contributed by atoms with Crippen molar-refractivity contribution in [3.8, 4) is 11.5 Å². The molecule has 1 saturated heterocycles. The van der Waals surface area contributed by atoms with Crippen LogP contribution < -0.4 is 4.74 Å². The smallest absolute Gasteiger partial charge is 0.193 e. The van der Waals surface area contributed by atoms with Gasteiger partial charge in [-0.15, -0.1) is 12.4 Å². The first kappa shape index (κ1) is 26.7. The Kier molecular flexibility index (Phi) is 9.10. The molecule has 5 rings (SSSR count). The molecule has 0 amide bonds. The number of hydrogen-bond donors (Lipinski definition) is 2. The number of aliphatic hydroxyl groups excluding tert-OH is 1. The van der Waals surface area contributed by atoms with E-state index in [9.17, 15) is 15.0 Å². The van der Waals surface area contributed by atoms with Crippen LogP contribution >= 0.6 is 12.4 Å². The molecular formula is C30H38ClNO4. The lowest BCUT2D eigenvalue weighted by molar-refractivity contribution is 0.105. The van der Waals surface area contributed by atoms with Crippen molar-refractivity contribution < 1.29 is 19.7 Å². The van der Waals surface area contributed by atoms with E-state index in [1.807, 2.05) is 30.3 Å². The summed E-state index contributed by atoms with van der Waals surface area (Å²) in [6.07, 6.45) is 8.75. The molecule has 0 atom stereocenters. The number of halogens is 1. The number of piperidine rings is 1. The van der Waals surface area contributed by atoms with Gasteiger partial charge in [0.25, 0.3) is 0 Å². The number of hydrogen-bond acceptors (Lipinski definition) is 5. The van der Waals surface area contributed by atoms with Gasteiger partial charge >= 0.3 is 0 Å². The second-order valence-corrected chi connectivity index (χ2v) is 10.4. The van der Waals surface area contributed by atoms with Gasteiger partial charge < -0.3 is 14.9 Å². The third kappa shape index (κ3) is 6.13. The van der Waals surface area contributed by atoms with Gasteiger partial charge in [-0.1, -0.05) is 18.1 Å². The van der Waals surface area contributed by atoms with Crippen molar-refractivity contribution in [3.63, 3.8) is 0 Å². The van der Waals surface area contributed by atoms with E-state index in [1.165, 1.54) is 24.8 Å². The molecule has 36 heavy (non-hydrogen) atoms. The predicted octanol–water partition coefficient (Wildman–Crippen LogP) is 5.81. The van der Waals surface area contributed by atoms with Gasteiger partial charge in [-0.05, 0) is 118 Å². The fourth-order valence-corrected chi connectivity index (χ4v) is 6.02. The Bertz CT molecular complexity index is 1070. The molecule has 3 aliphatic rings. The molecule has 0 bridgehead atoms. The summed E-state index contributed by atoms with van der Waals surface area (Å²) >= 11 is 0. The van der Waals surface area contributed by atoms with Crippen LogP contribution in [0.2, 0.25) is 0 Å². The van der Waals surface area contributed by atoms with Crippen LogP contribution in [0.5, 0.6) is 11.5 Å². The lowest BCUT2D eigenvalue weighted by Gasteiger charge is -2.32. The zero-order valence-electron chi connectivity index (χ0n) is 21.0. The zero-order chi connectivity index (χ0) is 24.2. The molecule has 2 aromatic carbocycles. The fourth-order valence-electron chi connectivity index (χ4n) is 6.02. The summed E-state index contributed by atoms with van der Waals surface area (Å²) in [4.78, 5) is 16.3. The number of aromatic hydroxyl groups is 1.